The molecule has 2 aromatic heterocycles. The van der Waals surface area contributed by atoms with Gasteiger partial charge in [0.1, 0.15) is 5.69 Å². The van der Waals surface area contributed by atoms with Crippen molar-refractivity contribution in [2.75, 3.05) is 5.75 Å². The second-order valence-corrected chi connectivity index (χ2v) is 4.17. The van der Waals surface area contributed by atoms with Gasteiger partial charge in [-0.15, -0.1) is 0 Å². The number of hydrogen-bond donors (Lipinski definition) is 0. The van der Waals surface area contributed by atoms with Gasteiger partial charge in [-0.1, -0.05) is 17.7 Å². The Morgan fingerprint density at radius 1 is 1.62 bits per heavy atom. The molecule has 0 aromatic carbocycles. The van der Waals surface area contributed by atoms with Gasteiger partial charge in [0.05, 0.1) is 11.9 Å². The molecule has 0 spiro atoms. The Kier molecular flexibility index (Phi) is 3.22. The zero-order chi connectivity index (χ0) is 11.4. The Balaban J connectivity index is 2.18. The molecule has 0 unspecified atom stereocenters. The third-order valence-electron chi connectivity index (χ3n) is 1.84. The molecule has 80 valence electrons. The van der Waals surface area contributed by atoms with Crippen LogP contribution in [0.3, 0.4) is 0 Å². The van der Waals surface area contributed by atoms with Gasteiger partial charge >= 0.3 is 0 Å². The summed E-state index contributed by atoms with van der Waals surface area (Å²) in [4.78, 5) is 14.8. The van der Waals surface area contributed by atoms with Crippen LogP contribution in [0.4, 0.5) is 0 Å². The fourth-order valence-corrected chi connectivity index (χ4v) is 1.53. The minimum Gasteiger partial charge on any atom is -0.288 e. The first-order valence-corrected chi connectivity index (χ1v) is 5.67. The molecule has 0 aliphatic rings. The Labute approximate surface area is 97.1 Å². The zero-order valence-corrected chi connectivity index (χ0v) is 9.49. The number of imidazole rings is 1. The van der Waals surface area contributed by atoms with Crippen LogP contribution in [0, 0.1) is 11.8 Å². The van der Waals surface area contributed by atoms with Crippen molar-refractivity contribution in [3.8, 4) is 11.8 Å². The van der Waals surface area contributed by atoms with Gasteiger partial charge in [0.25, 0.3) is 0 Å². The molecule has 2 aromatic rings. The minimum absolute atomic E-state index is 0.0746. The lowest BCUT2D eigenvalue weighted by molar-refractivity contribution is -0.109. The average molecular weight is 231 g/mol. The monoisotopic (exact) mass is 231 g/mol. The van der Waals surface area contributed by atoms with Gasteiger partial charge in [-0.2, -0.15) is 5.10 Å². The molecule has 2 heterocycles. The van der Waals surface area contributed by atoms with E-state index in [1.165, 1.54) is 18.7 Å². The number of thioether (sulfide) groups is 1. The average Bonchev–Trinajstić information content (AvgIpc) is 2.68. The predicted octanol–water partition coefficient (Wildman–Crippen LogP) is 1.36. The van der Waals surface area contributed by atoms with E-state index in [4.69, 9.17) is 0 Å². The van der Waals surface area contributed by atoms with Crippen LogP contribution in [0.15, 0.2) is 24.5 Å². The molecular weight excluding hydrogens is 222 g/mol. The van der Waals surface area contributed by atoms with E-state index in [2.05, 4.69) is 21.9 Å². The second-order valence-electron chi connectivity index (χ2n) is 3.02. The first-order valence-electron chi connectivity index (χ1n) is 4.68. The predicted molar refractivity (Wildman–Crippen MR) is 63.0 cm³/mol. The van der Waals surface area contributed by atoms with E-state index in [-0.39, 0.29) is 5.12 Å². The van der Waals surface area contributed by atoms with Crippen molar-refractivity contribution in [3.05, 3.63) is 30.2 Å². The van der Waals surface area contributed by atoms with Crippen molar-refractivity contribution in [2.45, 2.75) is 6.92 Å². The summed E-state index contributed by atoms with van der Waals surface area (Å²) in [6.45, 7) is 1.53. The summed E-state index contributed by atoms with van der Waals surface area (Å²) in [5.74, 6) is 6.34. The van der Waals surface area contributed by atoms with Crippen LogP contribution in [0.25, 0.3) is 5.65 Å². The molecule has 0 aliphatic carbocycles. The molecule has 0 bridgehead atoms. The summed E-state index contributed by atoms with van der Waals surface area (Å²) in [6.07, 6.45) is 3.36. The van der Waals surface area contributed by atoms with Gasteiger partial charge in [-0.05, 0) is 18.1 Å². The molecule has 0 N–H and O–H groups in total. The molecule has 0 fully saturated rings. The van der Waals surface area contributed by atoms with Crippen molar-refractivity contribution >= 4 is 22.5 Å². The van der Waals surface area contributed by atoms with E-state index in [1.54, 1.807) is 16.9 Å². The van der Waals surface area contributed by atoms with Crippen molar-refractivity contribution in [3.63, 3.8) is 0 Å². The highest BCUT2D eigenvalue weighted by Crippen LogP contribution is 2.03. The van der Waals surface area contributed by atoms with Crippen LogP contribution < -0.4 is 0 Å². The van der Waals surface area contributed by atoms with Crippen molar-refractivity contribution < 1.29 is 4.79 Å². The van der Waals surface area contributed by atoms with Crippen molar-refractivity contribution in [1.82, 2.24) is 14.6 Å². The highest BCUT2D eigenvalue weighted by Gasteiger charge is 1.98. The van der Waals surface area contributed by atoms with Crippen molar-refractivity contribution in [2.24, 2.45) is 0 Å². The Hall–Kier alpha value is -1.80. The van der Waals surface area contributed by atoms with E-state index < -0.39 is 0 Å². The van der Waals surface area contributed by atoms with Crippen molar-refractivity contribution in [1.29, 1.82) is 0 Å². The first-order chi connectivity index (χ1) is 7.77. The highest BCUT2D eigenvalue weighted by atomic mass is 32.2. The van der Waals surface area contributed by atoms with Crippen LogP contribution in [0.5, 0.6) is 0 Å². The molecule has 0 atom stereocenters. The smallest absolute Gasteiger partial charge is 0.186 e. The first kappa shape index (κ1) is 10.7. The number of carbonyl (C=O) groups excluding carboxylic acids is 1. The van der Waals surface area contributed by atoms with Gasteiger partial charge < -0.3 is 0 Å². The number of nitrogens with zero attached hydrogens (tertiary/aromatic N) is 3. The lowest BCUT2D eigenvalue weighted by Crippen LogP contribution is -1.92. The van der Waals surface area contributed by atoms with Crippen LogP contribution >= 0.6 is 11.8 Å². The molecule has 5 heteroatoms. The lowest BCUT2D eigenvalue weighted by atomic mass is 10.5. The van der Waals surface area contributed by atoms with Gasteiger partial charge in [0.2, 0.25) is 0 Å². The second kappa shape index (κ2) is 4.81. The quantitative estimate of drug-likeness (QED) is 0.695. The Bertz CT molecular complexity index is 579. The molecule has 0 aliphatic heterocycles. The number of hydrogen-bond acceptors (Lipinski definition) is 4. The van der Waals surface area contributed by atoms with E-state index in [9.17, 15) is 4.79 Å². The largest absolute Gasteiger partial charge is 0.288 e. The molecular formula is C11H9N3OS. The van der Waals surface area contributed by atoms with Gasteiger partial charge in [0, 0.05) is 13.1 Å². The maximum absolute atomic E-state index is 10.7. The molecule has 16 heavy (non-hydrogen) atoms. The maximum Gasteiger partial charge on any atom is 0.186 e. The number of fused-ring (bicyclic) bond motifs is 1. The van der Waals surface area contributed by atoms with Crippen LogP contribution in [-0.2, 0) is 4.79 Å². The van der Waals surface area contributed by atoms with Gasteiger partial charge in [-0.3, -0.25) is 4.79 Å². The fourth-order valence-electron chi connectivity index (χ4n) is 1.18. The molecule has 4 nitrogen and oxygen atoms in total. The summed E-state index contributed by atoms with van der Waals surface area (Å²) in [5, 5.41) is 4.21. The fraction of sp³-hybridized carbons (Fsp3) is 0.182. The summed E-state index contributed by atoms with van der Waals surface area (Å²) in [6, 6.07) is 3.69. The molecule has 0 saturated heterocycles. The van der Waals surface area contributed by atoms with Gasteiger partial charge in [0.15, 0.2) is 10.8 Å². The number of aromatic nitrogens is 3. The van der Waals surface area contributed by atoms with E-state index in [0.29, 0.717) is 5.75 Å². The Morgan fingerprint density at radius 2 is 2.50 bits per heavy atom. The summed E-state index contributed by atoms with van der Waals surface area (Å²) in [7, 11) is 0. The maximum atomic E-state index is 10.7. The summed E-state index contributed by atoms with van der Waals surface area (Å²) >= 11 is 1.20. The standard InChI is InChI=1S/C11H9N3OS/c1-9(15)16-7-3-4-10-8-12-11-5-2-6-13-14(10)11/h2,5-6,8H,7H2,1H3. The van der Waals surface area contributed by atoms with E-state index >= 15 is 0 Å². The molecule has 2 rings (SSSR count). The van der Waals surface area contributed by atoms with Crippen LogP contribution in [0.2, 0.25) is 0 Å². The Morgan fingerprint density at radius 3 is 3.31 bits per heavy atom. The number of carbonyl (C=O) groups is 1. The highest BCUT2D eigenvalue weighted by molar-refractivity contribution is 8.13. The number of rotatable bonds is 1. The van der Waals surface area contributed by atoms with Crippen LogP contribution in [-0.4, -0.2) is 25.5 Å². The van der Waals surface area contributed by atoms with Crippen LogP contribution in [0.1, 0.15) is 12.6 Å². The summed E-state index contributed by atoms with van der Waals surface area (Å²) in [5.41, 5.74) is 1.51. The molecule has 0 saturated carbocycles. The van der Waals surface area contributed by atoms with E-state index in [1.807, 2.05) is 12.1 Å². The van der Waals surface area contributed by atoms with E-state index in [0.717, 1.165) is 11.3 Å². The summed E-state index contributed by atoms with van der Waals surface area (Å²) < 4.78 is 1.67. The minimum atomic E-state index is 0.0746. The zero-order valence-electron chi connectivity index (χ0n) is 8.67. The molecule has 0 amide bonds. The SMILES string of the molecule is CC(=O)SCC#Cc1cnc2cccnn12. The lowest BCUT2D eigenvalue weighted by Gasteiger charge is -1.90. The third kappa shape index (κ3) is 2.41. The van der Waals surface area contributed by atoms with Gasteiger partial charge in [-0.25, -0.2) is 9.50 Å². The third-order valence-corrected chi connectivity index (χ3v) is 2.54. The normalized spacial score (nSPS) is 9.81. The topological polar surface area (TPSA) is 47.3 Å². The molecule has 0 radical (unpaired) electrons.